The first-order chi connectivity index (χ1) is 15.9. The van der Waals surface area contributed by atoms with Crippen molar-refractivity contribution in [2.45, 2.75) is 103 Å². The van der Waals surface area contributed by atoms with Gasteiger partial charge in [0.1, 0.15) is 6.17 Å². The zero-order chi connectivity index (χ0) is 23.2. The molecule has 188 valence electrons. The van der Waals surface area contributed by atoms with Gasteiger partial charge in [0.2, 0.25) is 5.91 Å². The van der Waals surface area contributed by atoms with Crippen LogP contribution in [-0.4, -0.2) is 39.5 Å². The average molecular weight is 504 g/mol. The molecule has 6 rings (SSSR count). The number of amides is 1. The van der Waals surface area contributed by atoms with Crippen molar-refractivity contribution in [1.82, 2.24) is 4.90 Å². The van der Waals surface area contributed by atoms with Crippen LogP contribution in [0.5, 0.6) is 0 Å². The smallest absolute Gasteiger partial charge is 0.225 e. The third kappa shape index (κ3) is 5.02. The van der Waals surface area contributed by atoms with Gasteiger partial charge in [-0.15, -0.1) is 12.4 Å². The second-order valence-corrected chi connectivity index (χ2v) is 12.5. The molecule has 4 bridgehead atoms. The maximum absolute atomic E-state index is 12.9. The first-order valence-electron chi connectivity index (χ1n) is 13.3. The van der Waals surface area contributed by atoms with E-state index in [0.717, 1.165) is 35.6 Å². The predicted octanol–water partition coefficient (Wildman–Crippen LogP) is 6.91. The lowest BCUT2D eigenvalue weighted by Crippen LogP contribution is -2.54. The maximum atomic E-state index is 12.9. The predicted molar refractivity (Wildman–Crippen MR) is 147 cm³/mol. The number of halogens is 1. The van der Waals surface area contributed by atoms with E-state index in [0.29, 0.717) is 6.04 Å². The first kappa shape index (κ1) is 25.9. The fraction of sp³-hybridized carbons (Fsp3) is 0.714. The van der Waals surface area contributed by atoms with Crippen molar-refractivity contribution in [3.8, 4) is 0 Å². The monoisotopic (exact) mass is 503 g/mol. The van der Waals surface area contributed by atoms with Crippen molar-refractivity contribution in [2.75, 3.05) is 10.7 Å². The number of carbonyl (C=O) groups is 1. The zero-order valence-electron chi connectivity index (χ0n) is 21.3. The summed E-state index contributed by atoms with van der Waals surface area (Å²) in [5.41, 5.74) is 2.53. The number of unbranched alkanes of at least 4 members (excludes halogenated alkanes) is 1. The number of anilines is 1. The lowest BCUT2D eigenvalue weighted by Gasteiger charge is -2.55. The summed E-state index contributed by atoms with van der Waals surface area (Å²) in [6.07, 6.45) is 11.7. The number of benzene rings is 1. The molecule has 1 unspecified atom stereocenters. The minimum Gasteiger partial charge on any atom is -0.327 e. The molecule has 1 aromatic carbocycles. The van der Waals surface area contributed by atoms with Gasteiger partial charge in [0, 0.05) is 24.4 Å². The molecule has 6 heteroatoms. The fourth-order valence-electron chi connectivity index (χ4n) is 7.46. The van der Waals surface area contributed by atoms with Gasteiger partial charge in [0.15, 0.2) is 5.17 Å². The summed E-state index contributed by atoms with van der Waals surface area (Å²) >= 11 is 1.87. The fourth-order valence-corrected chi connectivity index (χ4v) is 8.81. The second-order valence-electron chi connectivity index (χ2n) is 11.5. The summed E-state index contributed by atoms with van der Waals surface area (Å²) in [5, 5.41) is 1.18. The summed E-state index contributed by atoms with van der Waals surface area (Å²) in [6.45, 7) is 8.44. The highest BCUT2D eigenvalue weighted by Gasteiger charge is 2.52. The lowest BCUT2D eigenvalue weighted by atomic mass is 9.53. The van der Waals surface area contributed by atoms with Crippen molar-refractivity contribution in [1.29, 1.82) is 0 Å². The topological polar surface area (TPSA) is 35.9 Å². The lowest BCUT2D eigenvalue weighted by molar-refractivity contribution is -0.117. The van der Waals surface area contributed by atoms with Gasteiger partial charge in [-0.05, 0) is 101 Å². The Morgan fingerprint density at radius 3 is 2.21 bits per heavy atom. The molecule has 1 aliphatic heterocycles. The van der Waals surface area contributed by atoms with Crippen molar-refractivity contribution in [3.63, 3.8) is 0 Å². The van der Waals surface area contributed by atoms with E-state index in [-0.39, 0.29) is 30.0 Å². The van der Waals surface area contributed by atoms with E-state index < -0.39 is 0 Å². The molecule has 4 saturated carbocycles. The molecule has 34 heavy (non-hydrogen) atoms. The van der Waals surface area contributed by atoms with Gasteiger partial charge in [-0.25, -0.2) is 0 Å². The second kappa shape index (κ2) is 10.4. The molecule has 0 aromatic heterocycles. The van der Waals surface area contributed by atoms with Crippen LogP contribution in [0.15, 0.2) is 29.3 Å². The van der Waals surface area contributed by atoms with Crippen LogP contribution < -0.4 is 4.90 Å². The number of hydrogen-bond donors (Lipinski definition) is 0. The van der Waals surface area contributed by atoms with Crippen LogP contribution in [0.2, 0.25) is 0 Å². The molecule has 4 nitrogen and oxygen atoms in total. The van der Waals surface area contributed by atoms with Crippen LogP contribution in [0.4, 0.5) is 5.69 Å². The van der Waals surface area contributed by atoms with E-state index in [2.05, 4.69) is 49.9 Å². The van der Waals surface area contributed by atoms with Gasteiger partial charge < -0.3 is 4.90 Å². The molecule has 1 amide bonds. The quantitative estimate of drug-likeness (QED) is 0.405. The molecule has 1 heterocycles. The van der Waals surface area contributed by atoms with Crippen molar-refractivity contribution < 1.29 is 4.79 Å². The van der Waals surface area contributed by atoms with Crippen molar-refractivity contribution in [2.24, 2.45) is 22.7 Å². The van der Waals surface area contributed by atoms with E-state index in [1.54, 1.807) is 6.92 Å². The highest BCUT2D eigenvalue weighted by Crippen LogP contribution is 2.57. The number of nitrogens with zero attached hydrogens (tertiary/aromatic N) is 3. The molecule has 1 atom stereocenters. The van der Waals surface area contributed by atoms with E-state index >= 15 is 0 Å². The number of thioether (sulfide) groups is 1. The normalized spacial score (nSPS) is 33.0. The average Bonchev–Trinajstić information content (AvgIpc) is 3.14. The third-order valence-electron chi connectivity index (χ3n) is 8.47. The van der Waals surface area contributed by atoms with E-state index in [1.165, 1.54) is 62.1 Å². The Labute approximate surface area is 216 Å². The van der Waals surface area contributed by atoms with Crippen LogP contribution in [0.3, 0.4) is 0 Å². The number of aliphatic imine (C=N–C) groups is 1. The van der Waals surface area contributed by atoms with E-state index in [1.807, 2.05) is 16.7 Å². The van der Waals surface area contributed by atoms with Crippen LogP contribution in [0.1, 0.15) is 84.6 Å². The summed E-state index contributed by atoms with van der Waals surface area (Å²) in [5.74, 6) is 3.70. The first-order valence-corrected chi connectivity index (χ1v) is 14.3. The molecule has 4 aliphatic carbocycles. The van der Waals surface area contributed by atoms with Crippen molar-refractivity contribution in [3.05, 3.63) is 29.8 Å². The molecule has 0 spiro atoms. The largest absolute Gasteiger partial charge is 0.327 e. The third-order valence-corrected chi connectivity index (χ3v) is 9.49. The van der Waals surface area contributed by atoms with Gasteiger partial charge in [-0.2, -0.15) is 0 Å². The Morgan fingerprint density at radius 2 is 1.71 bits per heavy atom. The van der Waals surface area contributed by atoms with Gasteiger partial charge in [-0.3, -0.25) is 14.7 Å². The van der Waals surface area contributed by atoms with Crippen LogP contribution >= 0.6 is 24.2 Å². The summed E-state index contributed by atoms with van der Waals surface area (Å²) in [4.78, 5) is 22.9. The summed E-state index contributed by atoms with van der Waals surface area (Å²) in [7, 11) is 0. The van der Waals surface area contributed by atoms with Gasteiger partial charge in [-0.1, -0.05) is 37.2 Å². The summed E-state index contributed by atoms with van der Waals surface area (Å²) in [6, 6.07) is 9.00. The van der Waals surface area contributed by atoms with Crippen LogP contribution in [-0.2, 0) is 11.2 Å². The molecular formula is C28H42ClN3OS. The Kier molecular flexibility index (Phi) is 7.93. The minimum absolute atomic E-state index is 0. The number of carbonyl (C=O) groups excluding carboxylic acids is 1. The molecule has 1 saturated heterocycles. The van der Waals surface area contributed by atoms with Crippen LogP contribution in [0, 0.1) is 17.8 Å². The number of rotatable bonds is 7. The molecule has 0 radical (unpaired) electrons. The maximum Gasteiger partial charge on any atom is 0.225 e. The molecule has 0 N–H and O–H groups in total. The van der Waals surface area contributed by atoms with Crippen molar-refractivity contribution >= 4 is 40.9 Å². The van der Waals surface area contributed by atoms with Gasteiger partial charge in [0.25, 0.3) is 0 Å². The van der Waals surface area contributed by atoms with Gasteiger partial charge >= 0.3 is 0 Å². The van der Waals surface area contributed by atoms with Crippen LogP contribution in [0.25, 0.3) is 0 Å². The number of amidine groups is 1. The highest BCUT2D eigenvalue weighted by atomic mass is 35.5. The number of hydrogen-bond acceptors (Lipinski definition) is 3. The Morgan fingerprint density at radius 1 is 1.12 bits per heavy atom. The summed E-state index contributed by atoms with van der Waals surface area (Å²) < 4.78 is 0. The Hall–Kier alpha value is -1.20. The minimum atomic E-state index is 0. The van der Waals surface area contributed by atoms with Gasteiger partial charge in [0.05, 0.1) is 5.54 Å². The van der Waals surface area contributed by atoms with E-state index in [4.69, 9.17) is 4.99 Å². The highest BCUT2D eigenvalue weighted by molar-refractivity contribution is 8.14. The molecule has 5 fully saturated rings. The van der Waals surface area contributed by atoms with E-state index in [9.17, 15) is 4.79 Å². The molecule has 5 aliphatic rings. The standard InChI is InChI=1S/C28H41N3OS.ClH/c1-5-6-7-21-8-10-25(11-9-21)31(20(4)32)26-18-33-27(30(26)19(2)3)29-28-15-22-12-23(16-28)14-24(13-22)17-28;/h8-11,19,22-24,26H,5-7,12-18H2,1-4H3;1H. The molecular weight excluding hydrogens is 462 g/mol. The number of aryl methyl sites for hydroxylation is 1. The zero-order valence-corrected chi connectivity index (χ0v) is 23.0. The Balaban J connectivity index is 0.00000274. The SMILES string of the molecule is CCCCc1ccc(N(C(C)=O)C2CSC(=NC34CC5CC(CC(C5)C3)C4)N2C(C)C)cc1.Cl. The molecule has 1 aromatic rings. The Bertz CT molecular complexity index is 864.